The molecule has 2 heterocycles. The Bertz CT molecular complexity index is 564. The number of ether oxygens (including phenoxy) is 1. The number of nitrogens with zero attached hydrogens (tertiary/aromatic N) is 2. The molecule has 4 heteroatoms. The molecular formula is C15H20N2O2. The van der Waals surface area contributed by atoms with Crippen LogP contribution in [0.4, 0.5) is 0 Å². The van der Waals surface area contributed by atoms with E-state index in [-0.39, 0.29) is 6.10 Å². The summed E-state index contributed by atoms with van der Waals surface area (Å²) in [5.41, 5.74) is 2.57. The molecule has 0 spiro atoms. The standard InChI is InChI=1S/C15H20N2O2/c1-16-8-12(14-4-2-3-5-15(14)16)9-17-6-7-19-11-13(18)10-17/h2-5,8,13,18H,6-7,9-11H2,1H3. The Morgan fingerprint density at radius 3 is 3.11 bits per heavy atom. The molecule has 102 valence electrons. The van der Waals surface area contributed by atoms with Crippen LogP contribution in [0.5, 0.6) is 0 Å². The maximum absolute atomic E-state index is 9.78. The fraction of sp³-hybridized carbons (Fsp3) is 0.467. The zero-order valence-corrected chi connectivity index (χ0v) is 11.2. The molecule has 1 aliphatic rings. The SMILES string of the molecule is Cn1cc(CN2CCOCC(O)C2)c2ccccc21. The van der Waals surface area contributed by atoms with Crippen LogP contribution in [0, 0.1) is 0 Å². The molecule has 1 atom stereocenters. The van der Waals surface area contributed by atoms with E-state index in [0.717, 1.165) is 13.1 Å². The average molecular weight is 260 g/mol. The topological polar surface area (TPSA) is 37.6 Å². The molecule has 0 bridgehead atoms. The summed E-state index contributed by atoms with van der Waals surface area (Å²) >= 11 is 0. The molecule has 1 aromatic heterocycles. The smallest absolute Gasteiger partial charge is 0.0900 e. The summed E-state index contributed by atoms with van der Waals surface area (Å²) in [5, 5.41) is 11.1. The van der Waals surface area contributed by atoms with Crippen molar-refractivity contribution in [3.63, 3.8) is 0 Å². The number of aromatic nitrogens is 1. The van der Waals surface area contributed by atoms with Crippen LogP contribution in [-0.2, 0) is 18.3 Å². The maximum atomic E-state index is 9.78. The van der Waals surface area contributed by atoms with E-state index in [1.165, 1.54) is 16.5 Å². The van der Waals surface area contributed by atoms with Gasteiger partial charge in [-0.05, 0) is 11.6 Å². The van der Waals surface area contributed by atoms with Crippen molar-refractivity contribution in [3.8, 4) is 0 Å². The highest BCUT2D eigenvalue weighted by molar-refractivity contribution is 5.83. The van der Waals surface area contributed by atoms with Crippen molar-refractivity contribution in [2.24, 2.45) is 7.05 Å². The van der Waals surface area contributed by atoms with E-state index in [4.69, 9.17) is 4.74 Å². The first-order valence-electron chi connectivity index (χ1n) is 6.75. The van der Waals surface area contributed by atoms with Crippen molar-refractivity contribution in [3.05, 3.63) is 36.0 Å². The van der Waals surface area contributed by atoms with Crippen LogP contribution in [0.25, 0.3) is 10.9 Å². The molecular weight excluding hydrogens is 240 g/mol. The molecule has 0 radical (unpaired) electrons. The minimum absolute atomic E-state index is 0.377. The Morgan fingerprint density at radius 2 is 2.21 bits per heavy atom. The van der Waals surface area contributed by atoms with Gasteiger partial charge in [-0.3, -0.25) is 4.90 Å². The van der Waals surface area contributed by atoms with Gasteiger partial charge in [0.1, 0.15) is 0 Å². The van der Waals surface area contributed by atoms with Crippen molar-refractivity contribution in [2.45, 2.75) is 12.6 Å². The van der Waals surface area contributed by atoms with Crippen LogP contribution < -0.4 is 0 Å². The number of aryl methyl sites for hydroxylation is 1. The van der Waals surface area contributed by atoms with Gasteiger partial charge >= 0.3 is 0 Å². The third-order valence-corrected chi connectivity index (χ3v) is 3.70. The summed E-state index contributed by atoms with van der Waals surface area (Å²) in [6, 6.07) is 8.44. The second-order valence-electron chi connectivity index (χ2n) is 5.25. The van der Waals surface area contributed by atoms with Crippen molar-refractivity contribution < 1.29 is 9.84 Å². The molecule has 1 N–H and O–H groups in total. The number of hydrogen-bond donors (Lipinski definition) is 1. The minimum atomic E-state index is -0.377. The Balaban J connectivity index is 1.84. The minimum Gasteiger partial charge on any atom is -0.389 e. The molecule has 2 aromatic rings. The largest absolute Gasteiger partial charge is 0.389 e. The number of hydrogen-bond acceptors (Lipinski definition) is 3. The lowest BCUT2D eigenvalue weighted by molar-refractivity contribution is 0.0562. The molecule has 0 saturated carbocycles. The summed E-state index contributed by atoms with van der Waals surface area (Å²) in [5.74, 6) is 0. The molecule has 0 amide bonds. The van der Waals surface area contributed by atoms with Crippen LogP contribution in [0.15, 0.2) is 30.5 Å². The number of fused-ring (bicyclic) bond motifs is 1. The number of β-amino-alcohol motifs (C(OH)–C–C–N with tert-alkyl or cyclic N) is 1. The van der Waals surface area contributed by atoms with Crippen LogP contribution >= 0.6 is 0 Å². The van der Waals surface area contributed by atoms with Crippen molar-refractivity contribution in [1.29, 1.82) is 0 Å². The molecule has 1 fully saturated rings. The summed E-state index contributed by atoms with van der Waals surface area (Å²) in [6.07, 6.45) is 1.81. The second kappa shape index (κ2) is 5.33. The Kier molecular flexibility index (Phi) is 3.55. The first kappa shape index (κ1) is 12.7. The lowest BCUT2D eigenvalue weighted by Gasteiger charge is -2.20. The van der Waals surface area contributed by atoms with Gasteiger partial charge in [-0.1, -0.05) is 18.2 Å². The first-order valence-corrected chi connectivity index (χ1v) is 6.75. The van der Waals surface area contributed by atoms with Crippen LogP contribution in [0.1, 0.15) is 5.56 Å². The lowest BCUT2D eigenvalue weighted by atomic mass is 10.1. The number of rotatable bonds is 2. The van der Waals surface area contributed by atoms with Crippen molar-refractivity contribution in [2.75, 3.05) is 26.3 Å². The predicted octanol–water partition coefficient (Wildman–Crippen LogP) is 1.37. The summed E-state index contributed by atoms with van der Waals surface area (Å²) < 4.78 is 7.53. The fourth-order valence-electron chi connectivity index (χ4n) is 2.79. The highest BCUT2D eigenvalue weighted by Crippen LogP contribution is 2.22. The number of aliphatic hydroxyl groups excluding tert-OH is 1. The van der Waals surface area contributed by atoms with E-state index in [0.29, 0.717) is 19.8 Å². The molecule has 1 saturated heterocycles. The quantitative estimate of drug-likeness (QED) is 0.886. The van der Waals surface area contributed by atoms with Crippen LogP contribution in [-0.4, -0.2) is 47.0 Å². The Hall–Kier alpha value is -1.36. The molecule has 1 unspecified atom stereocenters. The second-order valence-corrected chi connectivity index (χ2v) is 5.25. The van der Waals surface area contributed by atoms with E-state index in [2.05, 4.69) is 47.0 Å². The molecule has 4 nitrogen and oxygen atoms in total. The normalized spacial score (nSPS) is 21.7. The Morgan fingerprint density at radius 1 is 1.37 bits per heavy atom. The van der Waals surface area contributed by atoms with Gasteiger partial charge in [-0.25, -0.2) is 0 Å². The van der Waals surface area contributed by atoms with Gasteiger partial charge in [0.05, 0.1) is 19.3 Å². The van der Waals surface area contributed by atoms with Gasteiger partial charge in [0, 0.05) is 43.8 Å². The third kappa shape index (κ3) is 2.66. The van der Waals surface area contributed by atoms with Gasteiger partial charge in [0.25, 0.3) is 0 Å². The predicted molar refractivity (Wildman–Crippen MR) is 75.0 cm³/mol. The first-order chi connectivity index (χ1) is 9.24. The van der Waals surface area contributed by atoms with Crippen LogP contribution in [0.2, 0.25) is 0 Å². The average Bonchev–Trinajstić information content (AvgIpc) is 2.58. The van der Waals surface area contributed by atoms with E-state index in [1.54, 1.807) is 0 Å². The van der Waals surface area contributed by atoms with E-state index in [9.17, 15) is 5.11 Å². The highest BCUT2D eigenvalue weighted by Gasteiger charge is 2.17. The van der Waals surface area contributed by atoms with Gasteiger partial charge in [-0.15, -0.1) is 0 Å². The molecule has 1 aliphatic heterocycles. The molecule has 3 rings (SSSR count). The maximum Gasteiger partial charge on any atom is 0.0900 e. The summed E-state index contributed by atoms with van der Waals surface area (Å²) in [4.78, 5) is 2.26. The monoisotopic (exact) mass is 260 g/mol. The number of aliphatic hydroxyl groups is 1. The lowest BCUT2D eigenvalue weighted by Crippen LogP contribution is -2.32. The van der Waals surface area contributed by atoms with E-state index >= 15 is 0 Å². The summed E-state index contributed by atoms with van der Waals surface area (Å²) in [7, 11) is 2.08. The van der Waals surface area contributed by atoms with Gasteiger partial charge < -0.3 is 14.4 Å². The van der Waals surface area contributed by atoms with Gasteiger partial charge in [-0.2, -0.15) is 0 Å². The highest BCUT2D eigenvalue weighted by atomic mass is 16.5. The number of para-hydroxylation sites is 1. The molecule has 0 aliphatic carbocycles. The van der Waals surface area contributed by atoms with E-state index < -0.39 is 0 Å². The third-order valence-electron chi connectivity index (χ3n) is 3.70. The van der Waals surface area contributed by atoms with Gasteiger partial charge in [0.2, 0.25) is 0 Å². The molecule has 19 heavy (non-hydrogen) atoms. The van der Waals surface area contributed by atoms with Gasteiger partial charge in [0.15, 0.2) is 0 Å². The fourth-order valence-corrected chi connectivity index (χ4v) is 2.79. The Labute approximate surface area is 113 Å². The zero-order valence-electron chi connectivity index (χ0n) is 11.2. The summed E-state index contributed by atoms with van der Waals surface area (Å²) in [6.45, 7) is 3.57. The van der Waals surface area contributed by atoms with Crippen LogP contribution in [0.3, 0.4) is 0 Å². The zero-order chi connectivity index (χ0) is 13.2. The number of benzene rings is 1. The van der Waals surface area contributed by atoms with Crippen molar-refractivity contribution in [1.82, 2.24) is 9.47 Å². The molecule has 1 aromatic carbocycles. The van der Waals surface area contributed by atoms with Crippen molar-refractivity contribution >= 4 is 10.9 Å². The van der Waals surface area contributed by atoms with E-state index in [1.807, 2.05) is 0 Å².